The summed E-state index contributed by atoms with van der Waals surface area (Å²) in [4.78, 5) is 24.4. The number of nitrogens with one attached hydrogen (secondary N) is 2. The third-order valence-corrected chi connectivity index (χ3v) is 5.63. The Balaban J connectivity index is 2.04. The van der Waals surface area contributed by atoms with E-state index in [-0.39, 0.29) is 18.7 Å². The molecule has 2 aromatic rings. The Hall–Kier alpha value is -2.44. The summed E-state index contributed by atoms with van der Waals surface area (Å²) in [5.41, 5.74) is 6.72. The van der Waals surface area contributed by atoms with E-state index in [0.29, 0.717) is 17.0 Å². The lowest BCUT2D eigenvalue weighted by atomic mass is 10.1. The maximum atomic E-state index is 12.2. The van der Waals surface area contributed by atoms with Crippen LogP contribution in [0.2, 0.25) is 0 Å². The van der Waals surface area contributed by atoms with Gasteiger partial charge in [0, 0.05) is 14.2 Å². The Kier molecular flexibility index (Phi) is 9.22. The standard InChI is InChI=1S/C18H31N7O6P/c1-9(2)31-17(27)10(3)24-32(28)30-7-12(29-6)14(26)11(4)25-8-21-13-15(20-5)22-18(19)23-16(13)25/h8-12,14,26H,7H2,1-6H3,(H,24,28)(H3,19,20,22,23)/q+1/t10-,11-,12?,14-/m0/s1. The van der Waals surface area contributed by atoms with E-state index < -0.39 is 38.4 Å². The Morgan fingerprint density at radius 1 is 1.31 bits per heavy atom. The van der Waals surface area contributed by atoms with Crippen molar-refractivity contribution in [1.82, 2.24) is 24.6 Å². The average Bonchev–Trinajstić information content (AvgIpc) is 3.15. The van der Waals surface area contributed by atoms with Gasteiger partial charge in [0.05, 0.1) is 18.5 Å². The lowest BCUT2D eigenvalue weighted by Gasteiger charge is -2.26. The van der Waals surface area contributed by atoms with E-state index >= 15 is 0 Å². The summed E-state index contributed by atoms with van der Waals surface area (Å²) in [6, 6.07) is -1.37. The Bertz CT molecular complexity index is 940. The molecule has 0 saturated carbocycles. The molecule has 0 amide bonds. The monoisotopic (exact) mass is 472 g/mol. The largest absolute Gasteiger partial charge is 0.613 e. The van der Waals surface area contributed by atoms with Gasteiger partial charge in [0.15, 0.2) is 17.0 Å². The predicted octanol–water partition coefficient (Wildman–Crippen LogP) is 0.991. The molecule has 0 aliphatic heterocycles. The Labute approximate surface area is 187 Å². The highest BCUT2D eigenvalue weighted by Crippen LogP contribution is 2.26. The van der Waals surface area contributed by atoms with Crippen molar-refractivity contribution in [2.75, 3.05) is 31.8 Å². The predicted molar refractivity (Wildman–Crippen MR) is 118 cm³/mol. The van der Waals surface area contributed by atoms with Gasteiger partial charge < -0.3 is 30.2 Å². The molecule has 2 rings (SSSR count). The maximum absolute atomic E-state index is 12.2. The molecule has 2 aromatic heterocycles. The number of hydrogen-bond donors (Lipinski definition) is 4. The summed E-state index contributed by atoms with van der Waals surface area (Å²) in [5.74, 6) is -0.0177. The molecule has 0 saturated heterocycles. The van der Waals surface area contributed by atoms with Crippen LogP contribution in [0.4, 0.5) is 11.8 Å². The second kappa shape index (κ2) is 11.4. The number of esters is 1. The smallest absolute Gasteiger partial charge is 0.462 e. The Morgan fingerprint density at radius 2 is 2.00 bits per heavy atom. The fourth-order valence-corrected chi connectivity index (χ4v) is 3.69. The van der Waals surface area contributed by atoms with Gasteiger partial charge in [-0.2, -0.15) is 9.97 Å². The van der Waals surface area contributed by atoms with Gasteiger partial charge in [-0.3, -0.25) is 4.79 Å². The number of ether oxygens (including phenoxy) is 2. The highest BCUT2D eigenvalue weighted by atomic mass is 31.1. The van der Waals surface area contributed by atoms with Crippen LogP contribution in [-0.4, -0.2) is 75.7 Å². The first-order valence-electron chi connectivity index (χ1n) is 10.0. The summed E-state index contributed by atoms with van der Waals surface area (Å²) in [6.07, 6.45) is -0.669. The molecule has 0 bridgehead atoms. The van der Waals surface area contributed by atoms with Gasteiger partial charge in [0.25, 0.3) is 0 Å². The lowest BCUT2D eigenvalue weighted by Crippen LogP contribution is -2.38. The zero-order valence-corrected chi connectivity index (χ0v) is 19.9. The first kappa shape index (κ1) is 25.8. The topological polar surface area (TPSA) is 176 Å². The molecule has 0 spiro atoms. The summed E-state index contributed by atoms with van der Waals surface area (Å²) >= 11 is 0. The highest BCUT2D eigenvalue weighted by Gasteiger charge is 2.33. The summed E-state index contributed by atoms with van der Waals surface area (Å²) in [5, 5.41) is 16.3. The van der Waals surface area contributed by atoms with Crippen molar-refractivity contribution in [1.29, 1.82) is 0 Å². The average molecular weight is 472 g/mol. The van der Waals surface area contributed by atoms with Crippen LogP contribution in [0.25, 0.3) is 11.2 Å². The van der Waals surface area contributed by atoms with Crippen LogP contribution in [0.1, 0.15) is 33.7 Å². The molecule has 0 fully saturated rings. The number of hydrogen-bond acceptors (Lipinski definition) is 11. The van der Waals surface area contributed by atoms with Crippen molar-refractivity contribution in [3.63, 3.8) is 0 Å². The molecule has 32 heavy (non-hydrogen) atoms. The normalized spacial score (nSPS) is 15.9. The number of anilines is 2. The third-order valence-electron chi connectivity index (χ3n) is 4.65. The fourth-order valence-electron chi connectivity index (χ4n) is 2.91. The minimum Gasteiger partial charge on any atom is -0.462 e. The van der Waals surface area contributed by atoms with E-state index in [0.717, 1.165) is 0 Å². The van der Waals surface area contributed by atoms with E-state index in [1.807, 2.05) is 0 Å². The number of aliphatic hydroxyl groups excluding tert-OH is 1. The maximum Gasteiger partial charge on any atom is 0.613 e. The number of imidazole rings is 1. The molecule has 0 radical (unpaired) electrons. The molecule has 13 nitrogen and oxygen atoms in total. The van der Waals surface area contributed by atoms with Gasteiger partial charge in [-0.05, 0) is 32.3 Å². The zero-order valence-electron chi connectivity index (χ0n) is 19.0. The number of rotatable bonds is 12. The first-order chi connectivity index (χ1) is 15.1. The number of nitrogens with zero attached hydrogens (tertiary/aromatic N) is 4. The Morgan fingerprint density at radius 3 is 2.59 bits per heavy atom. The quantitative estimate of drug-likeness (QED) is 0.255. The molecule has 0 aromatic carbocycles. The zero-order chi connectivity index (χ0) is 24.0. The third kappa shape index (κ3) is 6.30. The lowest BCUT2D eigenvalue weighted by molar-refractivity contribution is -0.149. The number of aromatic nitrogens is 4. The summed E-state index contributed by atoms with van der Waals surface area (Å²) in [6.45, 7) is 6.51. The van der Waals surface area contributed by atoms with Crippen molar-refractivity contribution in [3.8, 4) is 0 Å². The second-order valence-electron chi connectivity index (χ2n) is 7.40. The van der Waals surface area contributed by atoms with E-state index in [1.165, 1.54) is 20.4 Å². The minimum absolute atomic E-state index is 0.0603. The number of carbonyl (C=O) groups is 1. The van der Waals surface area contributed by atoms with E-state index in [4.69, 9.17) is 19.7 Å². The first-order valence-corrected chi connectivity index (χ1v) is 11.2. The molecule has 178 valence electrons. The second-order valence-corrected chi connectivity index (χ2v) is 8.43. The van der Waals surface area contributed by atoms with Gasteiger partial charge in [-0.15, -0.1) is 4.52 Å². The summed E-state index contributed by atoms with van der Waals surface area (Å²) < 4.78 is 29.5. The van der Waals surface area contributed by atoms with Gasteiger partial charge in [-0.25, -0.2) is 4.98 Å². The fraction of sp³-hybridized carbons (Fsp3) is 0.667. The van der Waals surface area contributed by atoms with Gasteiger partial charge in [-0.1, -0.05) is 5.09 Å². The number of methoxy groups -OCH3 is 1. The number of fused-ring (bicyclic) bond motifs is 1. The number of aliphatic hydroxyl groups is 1. The SMILES string of the molecule is CNc1nc(N)nc2c1ncn2[C@@H](C)[C@H](O)C(CO[P+](=O)N[C@@H](C)C(=O)OC(C)C)OC. The van der Waals surface area contributed by atoms with Crippen molar-refractivity contribution in [3.05, 3.63) is 6.33 Å². The van der Waals surface area contributed by atoms with Crippen LogP contribution in [0.5, 0.6) is 0 Å². The van der Waals surface area contributed by atoms with Crippen LogP contribution in [0.15, 0.2) is 6.33 Å². The van der Waals surface area contributed by atoms with Crippen molar-refractivity contribution in [2.45, 2.75) is 58.1 Å². The van der Waals surface area contributed by atoms with Crippen LogP contribution in [-0.2, 0) is 23.4 Å². The van der Waals surface area contributed by atoms with Crippen molar-refractivity contribution >= 4 is 37.1 Å². The molecule has 2 unspecified atom stereocenters. The molecular weight excluding hydrogens is 441 g/mol. The molecule has 5 atom stereocenters. The van der Waals surface area contributed by atoms with E-state index in [9.17, 15) is 14.5 Å². The van der Waals surface area contributed by atoms with Crippen LogP contribution >= 0.6 is 8.18 Å². The van der Waals surface area contributed by atoms with Gasteiger partial charge >= 0.3 is 14.1 Å². The van der Waals surface area contributed by atoms with Crippen LogP contribution in [0.3, 0.4) is 0 Å². The van der Waals surface area contributed by atoms with E-state index in [2.05, 4.69) is 25.4 Å². The minimum atomic E-state index is -2.40. The number of carbonyl (C=O) groups excluding carboxylic acids is 1. The van der Waals surface area contributed by atoms with Crippen LogP contribution < -0.4 is 16.1 Å². The summed E-state index contributed by atoms with van der Waals surface area (Å²) in [7, 11) is 0.691. The van der Waals surface area contributed by atoms with Crippen LogP contribution in [0, 0.1) is 0 Å². The van der Waals surface area contributed by atoms with Gasteiger partial charge in [0.2, 0.25) is 5.95 Å². The molecule has 0 aliphatic rings. The molecule has 5 N–H and O–H groups in total. The van der Waals surface area contributed by atoms with Gasteiger partial charge in [0.1, 0.15) is 24.9 Å². The van der Waals surface area contributed by atoms with Crippen molar-refractivity contribution in [2.24, 2.45) is 0 Å². The highest BCUT2D eigenvalue weighted by molar-refractivity contribution is 7.36. The van der Waals surface area contributed by atoms with Crippen molar-refractivity contribution < 1.29 is 28.5 Å². The van der Waals surface area contributed by atoms with E-state index in [1.54, 1.807) is 32.4 Å². The molecular formula is C18H31N7O6P+. The number of nitrogen functional groups attached to an aromatic ring is 1. The molecule has 14 heteroatoms. The molecule has 0 aliphatic carbocycles. The number of nitrogens with two attached hydrogens (primary N) is 1. The molecule has 2 heterocycles.